The molecule has 4 aliphatic rings. The van der Waals surface area contributed by atoms with Gasteiger partial charge < -0.3 is 9.47 Å². The molecule has 0 radical (unpaired) electrons. The van der Waals surface area contributed by atoms with Crippen molar-refractivity contribution in [2.24, 2.45) is 28.6 Å². The second-order valence-electron chi connectivity index (χ2n) is 8.17. The van der Waals surface area contributed by atoms with E-state index >= 15 is 0 Å². The van der Waals surface area contributed by atoms with E-state index in [-0.39, 0.29) is 34.6 Å². The third-order valence-corrected chi connectivity index (χ3v) is 7.50. The van der Waals surface area contributed by atoms with E-state index in [1.807, 2.05) is 0 Å². The fourth-order valence-corrected chi connectivity index (χ4v) is 6.16. The first-order chi connectivity index (χ1) is 10.8. The molecule has 0 unspecified atom stereocenters. The van der Waals surface area contributed by atoms with Crippen molar-refractivity contribution in [3.05, 3.63) is 22.3 Å². The van der Waals surface area contributed by atoms with Gasteiger partial charge in [0.1, 0.15) is 0 Å². The minimum atomic E-state index is -0.367. The maximum absolute atomic E-state index is 12.4. The van der Waals surface area contributed by atoms with Gasteiger partial charge in [0.05, 0.1) is 25.4 Å². The minimum Gasteiger partial charge on any atom is -0.466 e. The topological polar surface area (TPSA) is 52.6 Å². The quantitative estimate of drug-likeness (QED) is 0.446. The van der Waals surface area contributed by atoms with Gasteiger partial charge in [-0.25, -0.2) is 9.59 Å². The Bertz CT molecular complexity index is 696. The zero-order chi connectivity index (χ0) is 16.7. The molecule has 23 heavy (non-hydrogen) atoms. The number of carbonyl (C=O) groups excluding carboxylic acids is 2. The van der Waals surface area contributed by atoms with Crippen molar-refractivity contribution in [2.45, 2.75) is 40.0 Å². The maximum Gasteiger partial charge on any atom is 0.334 e. The van der Waals surface area contributed by atoms with Gasteiger partial charge in [-0.2, -0.15) is 0 Å². The molecule has 0 amide bonds. The molecule has 0 N–H and O–H groups in total. The molecule has 0 heterocycles. The summed E-state index contributed by atoms with van der Waals surface area (Å²) in [5.74, 6) is -0.103. The summed E-state index contributed by atoms with van der Waals surface area (Å²) in [5.41, 5.74) is 4.34. The zero-order valence-electron chi connectivity index (χ0n) is 14.5. The van der Waals surface area contributed by atoms with Crippen LogP contribution in [-0.2, 0) is 19.1 Å². The van der Waals surface area contributed by atoms with Gasteiger partial charge in [0.2, 0.25) is 0 Å². The second-order valence-corrected chi connectivity index (χ2v) is 8.17. The fourth-order valence-electron chi connectivity index (χ4n) is 6.16. The lowest BCUT2D eigenvalue weighted by atomic mass is 9.64. The lowest BCUT2D eigenvalue weighted by molar-refractivity contribution is -0.139. The van der Waals surface area contributed by atoms with Crippen LogP contribution in [0, 0.1) is 28.6 Å². The molecule has 0 aromatic rings. The fraction of sp³-hybridized carbons (Fsp3) is 0.684. The van der Waals surface area contributed by atoms with Crippen LogP contribution in [-0.4, -0.2) is 26.2 Å². The molecular weight excluding hydrogens is 292 g/mol. The summed E-state index contributed by atoms with van der Waals surface area (Å²) in [6.45, 7) is 7.04. The molecule has 0 aromatic heterocycles. The van der Waals surface area contributed by atoms with Crippen LogP contribution < -0.4 is 0 Å². The van der Waals surface area contributed by atoms with E-state index in [4.69, 9.17) is 9.47 Å². The van der Waals surface area contributed by atoms with E-state index < -0.39 is 0 Å². The lowest BCUT2D eigenvalue weighted by Gasteiger charge is -2.39. The highest BCUT2D eigenvalue weighted by Crippen LogP contribution is 2.76. The summed E-state index contributed by atoms with van der Waals surface area (Å²) in [6.07, 6.45) is 3.21. The monoisotopic (exact) mass is 316 g/mol. The Morgan fingerprint density at radius 2 is 1.57 bits per heavy atom. The van der Waals surface area contributed by atoms with Crippen LogP contribution in [0.4, 0.5) is 0 Å². The normalized spacial score (nSPS) is 39.1. The Balaban J connectivity index is 1.88. The largest absolute Gasteiger partial charge is 0.466 e. The van der Waals surface area contributed by atoms with E-state index in [1.165, 1.54) is 38.2 Å². The van der Waals surface area contributed by atoms with Crippen molar-refractivity contribution in [1.29, 1.82) is 0 Å². The molecule has 4 atom stereocenters. The van der Waals surface area contributed by atoms with Gasteiger partial charge in [-0.1, -0.05) is 31.9 Å². The summed E-state index contributed by atoms with van der Waals surface area (Å²) in [6, 6.07) is 0. The number of hydrogen-bond donors (Lipinski definition) is 0. The van der Waals surface area contributed by atoms with Gasteiger partial charge >= 0.3 is 11.9 Å². The molecule has 0 aromatic carbocycles. The molecule has 4 rings (SSSR count). The summed E-state index contributed by atoms with van der Waals surface area (Å²) in [7, 11) is 2.77. The van der Waals surface area contributed by atoms with Crippen LogP contribution in [0.2, 0.25) is 0 Å². The molecule has 0 saturated heterocycles. The Morgan fingerprint density at radius 1 is 1.00 bits per heavy atom. The van der Waals surface area contributed by atoms with Crippen LogP contribution in [0.5, 0.6) is 0 Å². The van der Waals surface area contributed by atoms with Crippen molar-refractivity contribution >= 4 is 11.9 Å². The van der Waals surface area contributed by atoms with E-state index in [9.17, 15) is 9.59 Å². The van der Waals surface area contributed by atoms with Crippen molar-refractivity contribution in [3.8, 4) is 0 Å². The summed E-state index contributed by atoms with van der Waals surface area (Å²) >= 11 is 0. The number of hydrogen-bond acceptors (Lipinski definition) is 4. The predicted octanol–water partition coefficient (Wildman–Crippen LogP) is 3.03. The first-order valence-corrected chi connectivity index (χ1v) is 8.44. The average molecular weight is 316 g/mol. The van der Waals surface area contributed by atoms with Gasteiger partial charge in [-0.05, 0) is 36.0 Å². The summed E-state index contributed by atoms with van der Waals surface area (Å²) < 4.78 is 9.99. The van der Waals surface area contributed by atoms with Crippen molar-refractivity contribution < 1.29 is 19.1 Å². The van der Waals surface area contributed by atoms with Crippen LogP contribution in [0.25, 0.3) is 0 Å². The molecule has 4 aliphatic carbocycles. The second kappa shape index (κ2) is 4.28. The number of carbonyl (C=O) groups is 2. The Morgan fingerprint density at radius 3 is 2.13 bits per heavy atom. The molecule has 0 aliphatic heterocycles. The molecule has 4 heteroatoms. The summed E-state index contributed by atoms with van der Waals surface area (Å²) in [5, 5.41) is 0. The van der Waals surface area contributed by atoms with Crippen LogP contribution in [0.3, 0.4) is 0 Å². The molecular formula is C19H24O4. The van der Waals surface area contributed by atoms with E-state index in [1.54, 1.807) is 0 Å². The van der Waals surface area contributed by atoms with Gasteiger partial charge in [-0.15, -0.1) is 0 Å². The highest BCUT2D eigenvalue weighted by atomic mass is 16.5. The first-order valence-electron chi connectivity index (χ1n) is 8.44. The molecule has 124 valence electrons. The molecule has 1 fully saturated rings. The first kappa shape index (κ1) is 15.0. The Hall–Kier alpha value is -1.58. The summed E-state index contributed by atoms with van der Waals surface area (Å²) in [4.78, 5) is 24.7. The standard InChI is InChI=1S/C19H24O4/c1-18(2)11-6-7-19(18,3)15-10-8-9(12(11)15)13(16(20)22-4)14(10)17(21)23-5/h9-11H,6-8H2,1-5H3/t9-,10+,11+,19+/m0/s1. The van der Waals surface area contributed by atoms with Crippen LogP contribution >= 0.6 is 0 Å². The SMILES string of the molecule is COC(=O)C1=C(C(=O)OC)[C@H]2C[C@H]1C1=C2[C@@]2(C)CC[C@H]1C2(C)C. The van der Waals surface area contributed by atoms with Gasteiger partial charge in [0.15, 0.2) is 0 Å². The number of methoxy groups -OCH3 is 2. The number of allylic oxidation sites excluding steroid dienone is 2. The maximum atomic E-state index is 12.4. The Kier molecular flexibility index (Phi) is 2.79. The predicted molar refractivity (Wildman–Crippen MR) is 84.3 cm³/mol. The lowest BCUT2D eigenvalue weighted by Crippen LogP contribution is -2.33. The highest BCUT2D eigenvalue weighted by molar-refractivity contribution is 6.04. The number of ether oxygens (including phenoxy) is 2. The van der Waals surface area contributed by atoms with Crippen LogP contribution in [0.1, 0.15) is 40.0 Å². The van der Waals surface area contributed by atoms with Gasteiger partial charge in [0.25, 0.3) is 0 Å². The molecule has 0 spiro atoms. The smallest absolute Gasteiger partial charge is 0.334 e. The Labute approximate surface area is 136 Å². The molecule has 4 bridgehead atoms. The van der Waals surface area contributed by atoms with Crippen LogP contribution in [0.15, 0.2) is 22.3 Å². The zero-order valence-corrected chi connectivity index (χ0v) is 14.5. The van der Waals surface area contributed by atoms with E-state index in [0.717, 1.165) is 6.42 Å². The third kappa shape index (κ3) is 1.44. The van der Waals surface area contributed by atoms with Gasteiger partial charge in [-0.3, -0.25) is 0 Å². The average Bonchev–Trinajstić information content (AvgIpc) is 3.19. The highest BCUT2D eigenvalue weighted by Gasteiger charge is 2.68. The van der Waals surface area contributed by atoms with Crippen molar-refractivity contribution in [3.63, 3.8) is 0 Å². The number of fused-ring (bicyclic) bond motifs is 8. The molecule has 1 saturated carbocycles. The van der Waals surface area contributed by atoms with Gasteiger partial charge in [0, 0.05) is 11.8 Å². The van der Waals surface area contributed by atoms with Crippen molar-refractivity contribution in [2.75, 3.05) is 14.2 Å². The molecule has 4 nitrogen and oxygen atoms in total. The number of esters is 2. The van der Waals surface area contributed by atoms with Crippen molar-refractivity contribution in [1.82, 2.24) is 0 Å². The van der Waals surface area contributed by atoms with E-state index in [2.05, 4.69) is 20.8 Å². The van der Waals surface area contributed by atoms with E-state index in [0.29, 0.717) is 17.1 Å². The third-order valence-electron chi connectivity index (χ3n) is 7.50. The number of rotatable bonds is 2. The minimum absolute atomic E-state index is 0.0473.